The van der Waals surface area contributed by atoms with E-state index in [4.69, 9.17) is 0 Å². The predicted molar refractivity (Wildman–Crippen MR) is 180 cm³/mol. The molecular weight excluding hydrogens is 574 g/mol. The van der Waals surface area contributed by atoms with Crippen LogP contribution in [-0.2, 0) is 11.8 Å². The highest BCUT2D eigenvalue weighted by molar-refractivity contribution is 6.05. The van der Waals surface area contributed by atoms with Crippen molar-refractivity contribution < 1.29 is 14.4 Å². The van der Waals surface area contributed by atoms with Crippen LogP contribution in [0.3, 0.4) is 0 Å². The van der Waals surface area contributed by atoms with E-state index in [1.54, 1.807) is 11.0 Å². The van der Waals surface area contributed by atoms with Crippen molar-refractivity contribution in [3.05, 3.63) is 132 Å². The van der Waals surface area contributed by atoms with Gasteiger partial charge in [-0.05, 0) is 47.7 Å². The highest BCUT2D eigenvalue weighted by atomic mass is 16.2. The van der Waals surface area contributed by atoms with Gasteiger partial charge in [0.1, 0.15) is 11.7 Å². The summed E-state index contributed by atoms with van der Waals surface area (Å²) in [6.07, 6.45) is 0.399. The molecule has 46 heavy (non-hydrogen) atoms. The number of para-hydroxylation sites is 2. The smallest absolute Gasteiger partial charge is 0.286 e. The molecule has 6 aromatic rings. The van der Waals surface area contributed by atoms with Crippen LogP contribution in [-0.4, -0.2) is 38.2 Å². The first-order valence-corrected chi connectivity index (χ1v) is 15.6. The first-order valence-electron chi connectivity index (χ1n) is 15.6. The number of H-pyrrole nitrogens is 1. The lowest BCUT2D eigenvalue weighted by molar-refractivity contribution is -0.127. The van der Waals surface area contributed by atoms with Crippen molar-refractivity contribution in [2.45, 2.75) is 32.4 Å². The first-order chi connectivity index (χ1) is 22.3. The van der Waals surface area contributed by atoms with E-state index in [9.17, 15) is 14.4 Å². The van der Waals surface area contributed by atoms with Gasteiger partial charge in [-0.1, -0.05) is 98.8 Å². The van der Waals surface area contributed by atoms with Crippen molar-refractivity contribution in [1.29, 1.82) is 0 Å². The van der Waals surface area contributed by atoms with Crippen LogP contribution in [0.15, 0.2) is 109 Å². The number of hydrogen-bond donors (Lipinski definition) is 3. The molecular formula is C38H35N5O3. The number of rotatable bonds is 7. The molecule has 0 bridgehead atoms. The average molecular weight is 610 g/mol. The third-order valence-corrected chi connectivity index (χ3v) is 8.87. The highest BCUT2D eigenvalue weighted by Crippen LogP contribution is 2.47. The summed E-state index contributed by atoms with van der Waals surface area (Å²) < 4.78 is 2.17. The molecule has 8 heteroatoms. The molecule has 8 nitrogen and oxygen atoms in total. The molecule has 3 heterocycles. The van der Waals surface area contributed by atoms with Crippen molar-refractivity contribution >= 4 is 39.5 Å². The van der Waals surface area contributed by atoms with E-state index in [1.165, 1.54) is 0 Å². The van der Waals surface area contributed by atoms with E-state index in [-0.39, 0.29) is 11.8 Å². The molecule has 1 aliphatic rings. The van der Waals surface area contributed by atoms with Crippen LogP contribution >= 0.6 is 0 Å². The Balaban J connectivity index is 1.32. The molecule has 0 aliphatic carbocycles. The number of carbonyl (C=O) groups excluding carboxylic acids is 3. The Morgan fingerprint density at radius 1 is 0.848 bits per heavy atom. The van der Waals surface area contributed by atoms with E-state index < -0.39 is 23.9 Å². The Kier molecular flexibility index (Phi) is 7.41. The summed E-state index contributed by atoms with van der Waals surface area (Å²) in [7, 11) is 2.04. The van der Waals surface area contributed by atoms with Crippen LogP contribution in [0.1, 0.15) is 58.3 Å². The maximum Gasteiger partial charge on any atom is 0.286 e. The number of nitrogens with zero attached hydrogens (tertiary/aromatic N) is 2. The number of nitrogens with one attached hydrogen (secondary N) is 3. The van der Waals surface area contributed by atoms with Crippen molar-refractivity contribution in [3.63, 3.8) is 0 Å². The Labute approximate surface area is 267 Å². The van der Waals surface area contributed by atoms with Crippen LogP contribution in [0.5, 0.6) is 0 Å². The third-order valence-electron chi connectivity index (χ3n) is 8.87. The number of aromatic amines is 1. The lowest BCUT2D eigenvalue weighted by Gasteiger charge is -2.34. The van der Waals surface area contributed by atoms with Crippen molar-refractivity contribution in [1.82, 2.24) is 25.3 Å². The summed E-state index contributed by atoms with van der Waals surface area (Å²) in [5, 5.41) is 1.91. The third kappa shape index (κ3) is 4.92. The number of hydrazine groups is 1. The standard InChI is InChI=1S/C38H35N5O3/c1-23(2)21-32(37(45)41-40-36(44)30-22-25-15-7-11-19-29(25)39-30)43-35(26-16-8-9-17-27(26)38(43)46)33-28-18-10-12-20-31(28)42(3)34(33)24-13-5-4-6-14-24/h4-20,22-23,32,35,39H,21H2,1-3H3,(H,40,44)(H,41,45). The van der Waals surface area contributed by atoms with Crippen LogP contribution in [0.2, 0.25) is 0 Å². The topological polar surface area (TPSA) is 99.2 Å². The number of hydrogen-bond acceptors (Lipinski definition) is 3. The van der Waals surface area contributed by atoms with Gasteiger partial charge in [0, 0.05) is 40.0 Å². The van der Waals surface area contributed by atoms with E-state index in [0.29, 0.717) is 17.7 Å². The summed E-state index contributed by atoms with van der Waals surface area (Å²) in [4.78, 5) is 46.5. The molecule has 0 radical (unpaired) electrons. The van der Waals surface area contributed by atoms with E-state index >= 15 is 0 Å². The minimum absolute atomic E-state index is 0.0819. The van der Waals surface area contributed by atoms with Gasteiger partial charge in [-0.3, -0.25) is 25.2 Å². The molecule has 7 rings (SSSR count). The maximum absolute atomic E-state index is 14.4. The van der Waals surface area contributed by atoms with Crippen LogP contribution in [0.25, 0.3) is 33.1 Å². The lowest BCUT2D eigenvalue weighted by Crippen LogP contribution is -2.54. The second-order valence-corrected chi connectivity index (χ2v) is 12.3. The number of aromatic nitrogens is 2. The van der Waals surface area contributed by atoms with Crippen LogP contribution < -0.4 is 10.9 Å². The van der Waals surface area contributed by atoms with Crippen LogP contribution in [0.4, 0.5) is 0 Å². The Bertz CT molecular complexity index is 2080. The highest BCUT2D eigenvalue weighted by Gasteiger charge is 2.46. The molecule has 3 N–H and O–H groups in total. The molecule has 2 unspecified atom stereocenters. The summed E-state index contributed by atoms with van der Waals surface area (Å²) in [6, 6.07) is 33.9. The van der Waals surface area contributed by atoms with Gasteiger partial charge >= 0.3 is 0 Å². The van der Waals surface area contributed by atoms with Gasteiger partial charge in [0.2, 0.25) is 0 Å². The molecule has 2 atom stereocenters. The van der Waals surface area contributed by atoms with Gasteiger partial charge in [-0.15, -0.1) is 0 Å². The molecule has 0 spiro atoms. The normalized spacial score (nSPS) is 15.0. The molecule has 0 saturated carbocycles. The lowest BCUT2D eigenvalue weighted by atomic mass is 9.91. The van der Waals surface area contributed by atoms with E-state index in [2.05, 4.69) is 44.7 Å². The molecule has 0 saturated heterocycles. The molecule has 4 aromatic carbocycles. The van der Waals surface area contributed by atoms with Gasteiger partial charge in [-0.25, -0.2) is 0 Å². The molecule has 2 aromatic heterocycles. The minimum Gasteiger partial charge on any atom is -0.350 e. The Morgan fingerprint density at radius 2 is 1.54 bits per heavy atom. The van der Waals surface area contributed by atoms with Crippen molar-refractivity contribution in [2.75, 3.05) is 0 Å². The van der Waals surface area contributed by atoms with Crippen molar-refractivity contribution in [2.24, 2.45) is 13.0 Å². The van der Waals surface area contributed by atoms with Gasteiger partial charge in [0.25, 0.3) is 17.7 Å². The second-order valence-electron chi connectivity index (χ2n) is 12.3. The molecule has 230 valence electrons. The van der Waals surface area contributed by atoms with Crippen molar-refractivity contribution in [3.8, 4) is 11.3 Å². The summed E-state index contributed by atoms with van der Waals surface area (Å²) in [5.41, 5.74) is 11.8. The summed E-state index contributed by atoms with van der Waals surface area (Å²) >= 11 is 0. The van der Waals surface area contributed by atoms with Gasteiger partial charge in [0.15, 0.2) is 0 Å². The fraction of sp³-hybridized carbons (Fsp3) is 0.184. The predicted octanol–water partition coefficient (Wildman–Crippen LogP) is 6.75. The number of fused-ring (bicyclic) bond motifs is 3. The first kappa shape index (κ1) is 29.1. The van der Waals surface area contributed by atoms with Crippen LogP contribution in [0, 0.1) is 5.92 Å². The second kappa shape index (κ2) is 11.7. The Hall–Kier alpha value is -5.63. The largest absolute Gasteiger partial charge is 0.350 e. The zero-order valence-corrected chi connectivity index (χ0v) is 26.0. The monoisotopic (exact) mass is 609 g/mol. The molecule has 3 amide bonds. The van der Waals surface area contributed by atoms with E-state index in [0.717, 1.165) is 44.2 Å². The maximum atomic E-state index is 14.4. The molecule has 1 aliphatic heterocycles. The number of benzene rings is 4. The average Bonchev–Trinajstić information content (AvgIpc) is 3.73. The molecule has 0 fully saturated rings. The minimum atomic E-state index is -0.865. The summed E-state index contributed by atoms with van der Waals surface area (Å²) in [6.45, 7) is 4.05. The fourth-order valence-electron chi connectivity index (χ4n) is 6.86. The zero-order valence-electron chi connectivity index (χ0n) is 26.0. The van der Waals surface area contributed by atoms with E-state index in [1.807, 2.05) is 99.8 Å². The Morgan fingerprint density at radius 3 is 2.33 bits per heavy atom. The number of carbonyl (C=O) groups is 3. The van der Waals surface area contributed by atoms with Gasteiger partial charge < -0.3 is 14.5 Å². The zero-order chi connectivity index (χ0) is 31.9. The number of aryl methyl sites for hydroxylation is 1. The van der Waals surface area contributed by atoms with Gasteiger partial charge in [0.05, 0.1) is 11.7 Å². The quantitative estimate of drug-likeness (QED) is 0.175. The fourth-order valence-corrected chi connectivity index (χ4v) is 6.86. The van der Waals surface area contributed by atoms with Gasteiger partial charge in [-0.2, -0.15) is 0 Å². The number of amides is 3. The SMILES string of the molecule is CC(C)CC(C(=O)NNC(=O)c1cc2ccccc2[nH]1)N1C(=O)c2ccccc2C1c1c(-c2ccccc2)n(C)c2ccccc12. The summed E-state index contributed by atoms with van der Waals surface area (Å²) in [5.74, 6) is -1.06.